The van der Waals surface area contributed by atoms with Gasteiger partial charge in [-0.2, -0.15) is 26.6 Å². The van der Waals surface area contributed by atoms with E-state index in [1.807, 2.05) is 13.0 Å². The maximum Gasteiger partial charge on any atom is 0.534 e. The van der Waals surface area contributed by atoms with Gasteiger partial charge in [-0.15, -0.1) is 0 Å². The lowest BCUT2D eigenvalue weighted by Crippen LogP contribution is -2.23. The average molecular weight is 404 g/mol. The van der Waals surface area contributed by atoms with Crippen molar-refractivity contribution >= 4 is 21.2 Å². The molecular weight excluding hydrogens is 385 g/mol. The molecule has 10 heteroatoms. The van der Waals surface area contributed by atoms with E-state index in [0.717, 1.165) is 18.2 Å². The van der Waals surface area contributed by atoms with E-state index in [2.05, 4.69) is 14.2 Å². The minimum atomic E-state index is -5.65. The lowest BCUT2D eigenvalue weighted by atomic mass is 10.0. The molecule has 0 saturated heterocycles. The van der Waals surface area contributed by atoms with Crippen molar-refractivity contribution in [3.05, 3.63) is 42.8 Å². The maximum atomic E-state index is 12.3. The monoisotopic (exact) mass is 404 g/mol. The van der Waals surface area contributed by atoms with Gasteiger partial charge in [0, 0.05) is 23.6 Å². The Bertz CT molecular complexity index is 885. The SMILES string of the molecule is CCCCC(C=COS(=O)(=O)C(F)(F)F)COc1ccc2cccnc2n1. The van der Waals surface area contributed by atoms with Crippen LogP contribution in [0.3, 0.4) is 0 Å². The molecule has 0 aromatic carbocycles. The molecule has 1 atom stereocenters. The second-order valence-electron chi connectivity index (χ2n) is 5.74. The van der Waals surface area contributed by atoms with Gasteiger partial charge in [0.25, 0.3) is 0 Å². The van der Waals surface area contributed by atoms with Gasteiger partial charge in [-0.3, -0.25) is 0 Å². The third kappa shape index (κ3) is 6.09. The van der Waals surface area contributed by atoms with Crippen molar-refractivity contribution in [1.29, 1.82) is 0 Å². The smallest absolute Gasteiger partial charge is 0.477 e. The van der Waals surface area contributed by atoms with Crippen LogP contribution in [0, 0.1) is 5.92 Å². The Labute approximate surface area is 155 Å². The molecule has 148 valence electrons. The molecule has 0 radical (unpaired) electrons. The highest BCUT2D eigenvalue weighted by Crippen LogP contribution is 2.25. The zero-order chi connectivity index (χ0) is 19.9. The molecule has 0 bridgehead atoms. The number of hydrogen-bond acceptors (Lipinski definition) is 6. The van der Waals surface area contributed by atoms with Crippen LogP contribution in [0.15, 0.2) is 42.8 Å². The Morgan fingerprint density at radius 1 is 1.26 bits per heavy atom. The molecule has 2 heterocycles. The number of aromatic nitrogens is 2. The van der Waals surface area contributed by atoms with Crippen LogP contribution >= 0.6 is 0 Å². The van der Waals surface area contributed by atoms with Crippen molar-refractivity contribution in [3.63, 3.8) is 0 Å². The van der Waals surface area contributed by atoms with Crippen molar-refractivity contribution in [2.75, 3.05) is 6.61 Å². The molecule has 0 aliphatic rings. The van der Waals surface area contributed by atoms with Gasteiger partial charge in [-0.1, -0.05) is 19.8 Å². The molecule has 0 N–H and O–H groups in total. The Morgan fingerprint density at radius 2 is 2.04 bits per heavy atom. The summed E-state index contributed by atoms with van der Waals surface area (Å²) in [6.45, 7) is 2.07. The summed E-state index contributed by atoms with van der Waals surface area (Å²) < 4.78 is 68.1. The summed E-state index contributed by atoms with van der Waals surface area (Å²) in [4.78, 5) is 8.37. The van der Waals surface area contributed by atoms with Crippen molar-refractivity contribution in [2.45, 2.75) is 31.7 Å². The largest absolute Gasteiger partial charge is 0.534 e. The van der Waals surface area contributed by atoms with Crippen molar-refractivity contribution in [3.8, 4) is 5.88 Å². The van der Waals surface area contributed by atoms with E-state index in [9.17, 15) is 21.6 Å². The molecule has 0 aliphatic heterocycles. The fourth-order valence-corrected chi connectivity index (χ4v) is 2.50. The van der Waals surface area contributed by atoms with Gasteiger partial charge in [0.1, 0.15) is 6.26 Å². The first-order chi connectivity index (χ1) is 12.7. The Hall–Kier alpha value is -2.36. The highest BCUT2D eigenvalue weighted by atomic mass is 32.2. The van der Waals surface area contributed by atoms with Gasteiger partial charge >= 0.3 is 15.6 Å². The summed E-state index contributed by atoms with van der Waals surface area (Å²) in [5.41, 5.74) is -4.95. The Balaban J connectivity index is 2.01. The predicted octanol–water partition coefficient (Wildman–Crippen LogP) is 4.19. The first-order valence-electron chi connectivity index (χ1n) is 8.23. The fourth-order valence-electron chi connectivity index (χ4n) is 2.18. The zero-order valence-corrected chi connectivity index (χ0v) is 15.3. The highest BCUT2D eigenvalue weighted by Gasteiger charge is 2.47. The topological polar surface area (TPSA) is 78.4 Å². The molecule has 0 aliphatic carbocycles. The van der Waals surface area contributed by atoms with Crippen LogP contribution in [0.5, 0.6) is 5.88 Å². The summed E-state index contributed by atoms with van der Waals surface area (Å²) in [5, 5.41) is 0.845. The molecule has 2 rings (SSSR count). The van der Waals surface area contributed by atoms with Crippen LogP contribution in [-0.2, 0) is 14.3 Å². The third-order valence-electron chi connectivity index (χ3n) is 3.63. The summed E-state index contributed by atoms with van der Waals surface area (Å²) in [7, 11) is -5.65. The highest BCUT2D eigenvalue weighted by molar-refractivity contribution is 7.87. The van der Waals surface area contributed by atoms with E-state index in [0.29, 0.717) is 24.2 Å². The number of halogens is 3. The summed E-state index contributed by atoms with van der Waals surface area (Å²) >= 11 is 0. The van der Waals surface area contributed by atoms with E-state index in [4.69, 9.17) is 4.74 Å². The lowest BCUT2D eigenvalue weighted by Gasteiger charge is -2.14. The molecule has 2 aromatic heterocycles. The number of pyridine rings is 2. The molecule has 1 unspecified atom stereocenters. The van der Waals surface area contributed by atoms with Gasteiger partial charge in [0.2, 0.25) is 5.88 Å². The van der Waals surface area contributed by atoms with Crippen LogP contribution in [0.1, 0.15) is 26.2 Å². The van der Waals surface area contributed by atoms with Gasteiger partial charge in [-0.25, -0.2) is 4.98 Å². The second kappa shape index (κ2) is 9.03. The Morgan fingerprint density at radius 3 is 2.74 bits per heavy atom. The van der Waals surface area contributed by atoms with E-state index >= 15 is 0 Å². The molecule has 6 nitrogen and oxygen atoms in total. The number of hydrogen-bond donors (Lipinski definition) is 0. The molecule has 0 amide bonds. The van der Waals surface area contributed by atoms with Crippen LogP contribution in [0.4, 0.5) is 13.2 Å². The van der Waals surface area contributed by atoms with Gasteiger partial charge in [-0.05, 0) is 30.7 Å². The van der Waals surface area contributed by atoms with E-state index < -0.39 is 15.6 Å². The number of rotatable bonds is 9. The first-order valence-corrected chi connectivity index (χ1v) is 9.64. The molecule has 2 aromatic rings. The van der Waals surface area contributed by atoms with Crippen molar-refractivity contribution in [1.82, 2.24) is 9.97 Å². The fraction of sp³-hybridized carbons (Fsp3) is 0.412. The average Bonchev–Trinajstić information content (AvgIpc) is 2.62. The minimum Gasteiger partial charge on any atom is -0.477 e. The van der Waals surface area contributed by atoms with Gasteiger partial charge in [0.15, 0.2) is 5.65 Å². The molecule has 27 heavy (non-hydrogen) atoms. The van der Waals surface area contributed by atoms with E-state index in [1.54, 1.807) is 24.4 Å². The van der Waals surface area contributed by atoms with Crippen molar-refractivity contribution in [2.24, 2.45) is 5.92 Å². The number of alkyl halides is 3. The second-order valence-corrected chi connectivity index (χ2v) is 7.30. The normalized spacial score (nSPS) is 13.8. The van der Waals surface area contributed by atoms with Crippen LogP contribution in [0.2, 0.25) is 0 Å². The predicted molar refractivity (Wildman–Crippen MR) is 93.2 cm³/mol. The third-order valence-corrected chi connectivity index (χ3v) is 4.56. The lowest BCUT2D eigenvalue weighted by molar-refractivity contribution is -0.0515. The van der Waals surface area contributed by atoms with Gasteiger partial charge < -0.3 is 8.92 Å². The molecule has 0 spiro atoms. The number of ether oxygens (including phenoxy) is 1. The van der Waals surface area contributed by atoms with Gasteiger partial charge in [0.05, 0.1) is 6.61 Å². The maximum absolute atomic E-state index is 12.3. The first kappa shape index (κ1) is 20.9. The summed E-state index contributed by atoms with van der Waals surface area (Å²) in [5.74, 6) is -0.0189. The van der Waals surface area contributed by atoms with Crippen LogP contribution in [0.25, 0.3) is 11.0 Å². The number of unbranched alkanes of at least 4 members (excludes halogenated alkanes) is 1. The standard InChI is InChI=1S/C17H19F3N2O4S/c1-2-3-5-13(9-11-26-27(23,24)17(18,19)20)12-25-15-8-7-14-6-4-10-21-16(14)22-15/h4,6-11,13H,2-3,5,12H2,1H3. The minimum absolute atomic E-state index is 0.108. The molecule has 0 fully saturated rings. The van der Waals surface area contributed by atoms with Crippen molar-refractivity contribution < 1.29 is 30.5 Å². The van der Waals surface area contributed by atoms with E-state index in [-0.39, 0.29) is 12.5 Å². The summed E-state index contributed by atoms with van der Waals surface area (Å²) in [6, 6.07) is 7.09. The zero-order valence-electron chi connectivity index (χ0n) is 14.5. The van der Waals surface area contributed by atoms with Crippen LogP contribution in [-0.4, -0.2) is 30.5 Å². The quantitative estimate of drug-likeness (QED) is 0.354. The number of fused-ring (bicyclic) bond motifs is 1. The molecular formula is C17H19F3N2O4S. The molecule has 0 saturated carbocycles. The Kier molecular flexibility index (Phi) is 7.00. The summed E-state index contributed by atoms with van der Waals surface area (Å²) in [6.07, 6.45) is 5.64. The van der Waals surface area contributed by atoms with E-state index in [1.165, 1.54) is 6.08 Å². The van der Waals surface area contributed by atoms with Crippen LogP contribution < -0.4 is 4.74 Å². The number of nitrogens with zero attached hydrogens (tertiary/aromatic N) is 2.